The summed E-state index contributed by atoms with van der Waals surface area (Å²) in [5.41, 5.74) is 0.897. The number of aliphatic imine (C=N–C) groups is 1. The number of anilines is 1. The molecule has 1 heterocycles. The number of imidazole rings is 1. The Balaban J connectivity index is 1.87. The summed E-state index contributed by atoms with van der Waals surface area (Å²) < 4.78 is 2.00. The Morgan fingerprint density at radius 2 is 2.23 bits per heavy atom. The molecule has 0 spiro atoms. The van der Waals surface area contributed by atoms with Crippen LogP contribution < -0.4 is 10.6 Å². The summed E-state index contributed by atoms with van der Waals surface area (Å²) in [4.78, 5) is 9.57. The topological polar surface area (TPSA) is 78.0 Å². The molecule has 0 amide bonds. The number of rotatable bonds is 6. The molecular weight excluding hydrogens is 296 g/mol. The average molecular weight is 314 g/mol. The number of thioether (sulfide) groups is 1. The first kappa shape index (κ1) is 15.9. The largest absolute Gasteiger partial charge is 0.337 e. The maximum atomic E-state index is 8.81. The van der Waals surface area contributed by atoms with Crippen molar-refractivity contribution in [1.82, 2.24) is 14.9 Å². The summed E-state index contributed by atoms with van der Waals surface area (Å²) in [6.07, 6.45) is 10.3. The van der Waals surface area contributed by atoms with Gasteiger partial charge in [-0.15, -0.1) is 11.8 Å². The van der Waals surface area contributed by atoms with E-state index in [1.54, 1.807) is 24.3 Å². The number of nitrogens with one attached hydrogen (secondary N) is 2. The van der Waals surface area contributed by atoms with Crippen LogP contribution in [0.3, 0.4) is 0 Å². The van der Waals surface area contributed by atoms with Crippen LogP contribution in [0.25, 0.3) is 0 Å². The van der Waals surface area contributed by atoms with Crippen LogP contribution in [0.5, 0.6) is 0 Å². The zero-order valence-electron chi connectivity index (χ0n) is 12.4. The molecule has 114 valence electrons. The van der Waals surface area contributed by atoms with Gasteiger partial charge in [-0.25, -0.2) is 4.98 Å². The lowest BCUT2D eigenvalue weighted by Crippen LogP contribution is -2.27. The standard InChI is InChI=1S/C15H18N6S/c1-22-14-5-3-13(4-6-14)20-15(19-11-16)18-7-2-9-21-10-8-17-12-21/h3-6,8,10,12H,2,7,9H2,1H3,(H2,18,19,20). The molecule has 0 aliphatic carbocycles. The number of guanidine groups is 1. The fourth-order valence-corrected chi connectivity index (χ4v) is 2.25. The lowest BCUT2D eigenvalue weighted by Gasteiger charge is -2.08. The van der Waals surface area contributed by atoms with Crippen LogP contribution in [0.4, 0.5) is 5.69 Å². The third-order valence-electron chi connectivity index (χ3n) is 2.93. The SMILES string of the molecule is CSc1ccc(NC(=NCCCn2ccnc2)NC#N)cc1. The van der Waals surface area contributed by atoms with Gasteiger partial charge >= 0.3 is 0 Å². The van der Waals surface area contributed by atoms with Crippen LogP contribution in [0.15, 0.2) is 52.9 Å². The molecule has 0 aliphatic rings. The van der Waals surface area contributed by atoms with Crippen LogP contribution in [0, 0.1) is 11.5 Å². The molecule has 22 heavy (non-hydrogen) atoms. The predicted molar refractivity (Wildman–Crippen MR) is 89.7 cm³/mol. The molecule has 0 unspecified atom stereocenters. The van der Waals surface area contributed by atoms with Crippen LogP contribution in [-0.2, 0) is 6.54 Å². The second kappa shape index (κ2) is 8.74. The zero-order chi connectivity index (χ0) is 15.6. The molecule has 0 saturated carbocycles. The first-order chi connectivity index (χ1) is 10.8. The second-order valence-electron chi connectivity index (χ2n) is 4.47. The van der Waals surface area contributed by atoms with Gasteiger partial charge in [0.05, 0.1) is 6.33 Å². The van der Waals surface area contributed by atoms with Crippen molar-refractivity contribution >= 4 is 23.4 Å². The molecule has 0 saturated heterocycles. The molecule has 2 aromatic rings. The van der Waals surface area contributed by atoms with Gasteiger partial charge in [-0.1, -0.05) is 0 Å². The maximum Gasteiger partial charge on any atom is 0.209 e. The first-order valence-electron chi connectivity index (χ1n) is 6.88. The molecule has 1 aromatic carbocycles. The molecule has 7 heteroatoms. The Kier molecular flexibility index (Phi) is 6.33. The molecule has 2 N–H and O–H groups in total. The third kappa shape index (κ3) is 5.14. The van der Waals surface area contributed by atoms with E-state index < -0.39 is 0 Å². The molecule has 0 fully saturated rings. The van der Waals surface area contributed by atoms with Crippen LogP contribution in [0.2, 0.25) is 0 Å². The van der Waals surface area contributed by atoms with Gasteiger partial charge in [-0.05, 0) is 36.9 Å². The minimum absolute atomic E-state index is 0.463. The van der Waals surface area contributed by atoms with Gasteiger partial charge in [0.1, 0.15) is 0 Å². The number of aryl methyl sites for hydroxylation is 1. The molecule has 0 atom stereocenters. The fourth-order valence-electron chi connectivity index (χ4n) is 1.84. The molecule has 0 bridgehead atoms. The average Bonchev–Trinajstić information content (AvgIpc) is 3.06. The number of benzene rings is 1. The number of nitriles is 1. The van der Waals surface area contributed by atoms with E-state index in [0.29, 0.717) is 12.5 Å². The van der Waals surface area contributed by atoms with E-state index in [9.17, 15) is 0 Å². The lowest BCUT2D eigenvalue weighted by atomic mass is 10.3. The van der Waals surface area contributed by atoms with Crippen LogP contribution in [-0.4, -0.2) is 28.3 Å². The normalized spacial score (nSPS) is 11.0. The number of nitrogens with zero attached hydrogens (tertiary/aromatic N) is 4. The van der Waals surface area contributed by atoms with Crippen molar-refractivity contribution in [3.05, 3.63) is 43.0 Å². The quantitative estimate of drug-likeness (QED) is 0.214. The molecule has 6 nitrogen and oxygen atoms in total. The Morgan fingerprint density at radius 3 is 2.86 bits per heavy atom. The van der Waals surface area contributed by atoms with E-state index in [-0.39, 0.29) is 0 Å². The van der Waals surface area contributed by atoms with Gasteiger partial charge in [-0.3, -0.25) is 10.3 Å². The number of hydrogen-bond donors (Lipinski definition) is 2. The van der Waals surface area contributed by atoms with Crippen molar-refractivity contribution < 1.29 is 0 Å². The Hall–Kier alpha value is -2.46. The number of hydrogen-bond acceptors (Lipinski definition) is 4. The zero-order valence-corrected chi connectivity index (χ0v) is 13.2. The summed E-state index contributed by atoms with van der Waals surface area (Å²) in [7, 11) is 0. The number of aromatic nitrogens is 2. The fraction of sp³-hybridized carbons (Fsp3) is 0.267. The van der Waals surface area contributed by atoms with Gasteiger partial charge in [0.15, 0.2) is 6.19 Å². The van der Waals surface area contributed by atoms with Crippen LogP contribution in [0.1, 0.15) is 6.42 Å². The minimum Gasteiger partial charge on any atom is -0.337 e. The first-order valence-corrected chi connectivity index (χ1v) is 8.10. The highest BCUT2D eigenvalue weighted by Crippen LogP contribution is 2.17. The summed E-state index contributed by atoms with van der Waals surface area (Å²) in [6.45, 7) is 1.48. The Labute approximate surface area is 134 Å². The van der Waals surface area contributed by atoms with Gasteiger partial charge in [0.2, 0.25) is 5.96 Å². The molecule has 2 rings (SSSR count). The van der Waals surface area contributed by atoms with Gasteiger partial charge in [-0.2, -0.15) is 5.26 Å². The van der Waals surface area contributed by atoms with Crippen LogP contribution >= 0.6 is 11.8 Å². The third-order valence-corrected chi connectivity index (χ3v) is 3.67. The highest BCUT2D eigenvalue weighted by molar-refractivity contribution is 7.98. The smallest absolute Gasteiger partial charge is 0.209 e. The van der Waals surface area contributed by atoms with E-state index in [4.69, 9.17) is 5.26 Å². The monoisotopic (exact) mass is 314 g/mol. The summed E-state index contributed by atoms with van der Waals surface area (Å²) in [5.74, 6) is 0.463. The van der Waals surface area contributed by atoms with Gasteiger partial charge in [0.25, 0.3) is 0 Å². The molecule has 0 radical (unpaired) electrons. The van der Waals surface area contributed by atoms with Crippen molar-refractivity contribution in [2.45, 2.75) is 17.9 Å². The predicted octanol–water partition coefficient (Wildman–Crippen LogP) is 2.53. The Morgan fingerprint density at radius 1 is 1.41 bits per heavy atom. The van der Waals surface area contributed by atoms with E-state index in [2.05, 4.69) is 20.6 Å². The summed E-state index contributed by atoms with van der Waals surface area (Å²) >= 11 is 1.69. The van der Waals surface area contributed by atoms with E-state index in [1.807, 2.05) is 47.5 Å². The highest BCUT2D eigenvalue weighted by Gasteiger charge is 1.99. The molecule has 0 aliphatic heterocycles. The minimum atomic E-state index is 0.463. The second-order valence-corrected chi connectivity index (χ2v) is 5.35. The lowest BCUT2D eigenvalue weighted by molar-refractivity contribution is 0.650. The van der Waals surface area contributed by atoms with Gasteiger partial charge < -0.3 is 9.88 Å². The van der Waals surface area contributed by atoms with Crippen molar-refractivity contribution in [2.75, 3.05) is 18.1 Å². The van der Waals surface area contributed by atoms with Crippen molar-refractivity contribution in [1.29, 1.82) is 5.26 Å². The highest BCUT2D eigenvalue weighted by atomic mass is 32.2. The van der Waals surface area contributed by atoms with Gasteiger partial charge in [0, 0.05) is 36.1 Å². The Bertz CT molecular complexity index is 627. The maximum absolute atomic E-state index is 8.81. The molecular formula is C15H18N6S. The summed E-state index contributed by atoms with van der Waals surface area (Å²) in [6, 6.07) is 7.98. The van der Waals surface area contributed by atoms with E-state index in [1.165, 1.54) is 4.90 Å². The van der Waals surface area contributed by atoms with Crippen molar-refractivity contribution in [2.24, 2.45) is 4.99 Å². The van der Waals surface area contributed by atoms with Crippen molar-refractivity contribution in [3.63, 3.8) is 0 Å². The van der Waals surface area contributed by atoms with Crippen molar-refractivity contribution in [3.8, 4) is 6.19 Å². The van der Waals surface area contributed by atoms with E-state index in [0.717, 1.165) is 18.7 Å². The van der Waals surface area contributed by atoms with E-state index >= 15 is 0 Å². The molecule has 1 aromatic heterocycles. The summed E-state index contributed by atoms with van der Waals surface area (Å²) in [5, 5.41) is 14.5.